The van der Waals surface area contributed by atoms with Gasteiger partial charge in [-0.3, -0.25) is 0 Å². The first kappa shape index (κ1) is 25.8. The number of esters is 1. The molecule has 1 N–H and O–H groups in total. The van der Waals surface area contributed by atoms with E-state index >= 15 is 0 Å². The van der Waals surface area contributed by atoms with Crippen molar-refractivity contribution in [2.24, 2.45) is 5.10 Å². The van der Waals surface area contributed by atoms with E-state index in [2.05, 4.69) is 9.93 Å². The molecule has 0 amide bonds. The molecule has 0 saturated heterocycles. The normalized spacial score (nSPS) is 11.3. The van der Waals surface area contributed by atoms with Crippen LogP contribution < -0.4 is 19.0 Å². The molecule has 3 aromatic carbocycles. The summed E-state index contributed by atoms with van der Waals surface area (Å²) in [6.45, 7) is 6.64. The van der Waals surface area contributed by atoms with E-state index in [4.69, 9.17) is 14.2 Å². The number of rotatable bonds is 11. The molecule has 35 heavy (non-hydrogen) atoms. The van der Waals surface area contributed by atoms with Crippen LogP contribution in [0.15, 0.2) is 76.7 Å². The fraction of sp³-hybridized carbons (Fsp3) is 0.231. The molecule has 0 spiro atoms. The second kappa shape index (κ2) is 12.0. The molecular formula is C26H28N2O6S. The van der Waals surface area contributed by atoms with Crippen molar-refractivity contribution in [1.82, 2.24) is 4.83 Å². The van der Waals surface area contributed by atoms with Crippen LogP contribution in [0.4, 0.5) is 0 Å². The lowest BCUT2D eigenvalue weighted by atomic mass is 10.2. The number of nitrogens with zero attached hydrogens (tertiary/aromatic N) is 1. The van der Waals surface area contributed by atoms with Crippen LogP contribution in [0.3, 0.4) is 0 Å². The number of carbonyl (C=O) groups excluding carboxylic acids is 1. The Morgan fingerprint density at radius 1 is 0.943 bits per heavy atom. The molecule has 0 saturated carbocycles. The molecule has 3 aromatic rings. The van der Waals surface area contributed by atoms with Gasteiger partial charge in [0.25, 0.3) is 10.0 Å². The Bertz CT molecular complexity index is 1270. The molecule has 0 atom stereocenters. The highest BCUT2D eigenvalue weighted by Crippen LogP contribution is 2.29. The highest BCUT2D eigenvalue weighted by atomic mass is 32.2. The predicted molar refractivity (Wildman–Crippen MR) is 134 cm³/mol. The molecule has 0 bridgehead atoms. The number of benzene rings is 3. The van der Waals surface area contributed by atoms with Crippen molar-refractivity contribution in [3.63, 3.8) is 0 Å². The molecule has 0 aliphatic rings. The third-order valence-electron chi connectivity index (χ3n) is 4.75. The van der Waals surface area contributed by atoms with Gasteiger partial charge in [-0.25, -0.2) is 9.63 Å². The van der Waals surface area contributed by atoms with Gasteiger partial charge in [-0.05, 0) is 80.4 Å². The van der Waals surface area contributed by atoms with Crippen LogP contribution in [0, 0.1) is 6.92 Å². The summed E-state index contributed by atoms with van der Waals surface area (Å²) in [6.07, 6.45) is 2.23. The molecule has 0 radical (unpaired) electrons. The van der Waals surface area contributed by atoms with Gasteiger partial charge in [-0.1, -0.05) is 24.6 Å². The second-order valence-electron chi connectivity index (χ2n) is 7.57. The Balaban J connectivity index is 1.70. The fourth-order valence-corrected chi connectivity index (χ4v) is 3.76. The van der Waals surface area contributed by atoms with Crippen molar-refractivity contribution < 1.29 is 27.4 Å². The Hall–Kier alpha value is -3.85. The van der Waals surface area contributed by atoms with Crippen molar-refractivity contribution in [2.75, 3.05) is 13.2 Å². The van der Waals surface area contributed by atoms with E-state index < -0.39 is 16.0 Å². The van der Waals surface area contributed by atoms with Crippen LogP contribution in [-0.4, -0.2) is 33.8 Å². The van der Waals surface area contributed by atoms with Crippen LogP contribution >= 0.6 is 0 Å². The Morgan fingerprint density at radius 2 is 1.66 bits per heavy atom. The molecule has 0 heterocycles. The van der Waals surface area contributed by atoms with E-state index in [1.807, 2.05) is 13.8 Å². The van der Waals surface area contributed by atoms with E-state index in [9.17, 15) is 13.2 Å². The minimum atomic E-state index is -3.79. The predicted octanol–water partition coefficient (Wildman–Crippen LogP) is 4.71. The summed E-state index contributed by atoms with van der Waals surface area (Å²) in [6, 6.07) is 17.9. The van der Waals surface area contributed by atoms with Crippen LogP contribution in [0.1, 0.15) is 41.8 Å². The Kier molecular flexibility index (Phi) is 8.86. The maximum Gasteiger partial charge on any atom is 0.343 e. The van der Waals surface area contributed by atoms with Gasteiger partial charge in [-0.2, -0.15) is 13.5 Å². The zero-order valence-corrected chi connectivity index (χ0v) is 20.7. The minimum absolute atomic E-state index is 0.113. The highest BCUT2D eigenvalue weighted by molar-refractivity contribution is 7.89. The highest BCUT2D eigenvalue weighted by Gasteiger charge is 2.14. The van der Waals surface area contributed by atoms with Crippen LogP contribution in [0.25, 0.3) is 0 Å². The number of ether oxygens (including phenoxy) is 3. The standard InChI is InChI=1S/C26H28N2O6S/c1-4-16-33-22-11-9-21(10-12-22)26(29)34-24-15-8-20(17-25(24)32-5-2)18-27-28-35(30,31)23-13-6-19(3)7-14-23/h6-15,17-18,28H,4-5,16H2,1-3H3/b27-18-. The van der Waals surface area contributed by atoms with Gasteiger partial charge in [0.1, 0.15) is 5.75 Å². The van der Waals surface area contributed by atoms with Crippen molar-refractivity contribution in [2.45, 2.75) is 32.1 Å². The molecule has 0 aliphatic carbocycles. The summed E-state index contributed by atoms with van der Waals surface area (Å²) >= 11 is 0. The summed E-state index contributed by atoms with van der Waals surface area (Å²) in [4.78, 5) is 14.9. The third kappa shape index (κ3) is 7.31. The summed E-state index contributed by atoms with van der Waals surface area (Å²) in [5, 5.41) is 3.84. The van der Waals surface area contributed by atoms with Gasteiger partial charge in [0, 0.05) is 0 Å². The summed E-state index contributed by atoms with van der Waals surface area (Å²) in [5.74, 6) is 0.704. The van der Waals surface area contributed by atoms with E-state index in [1.165, 1.54) is 18.3 Å². The first-order valence-corrected chi connectivity index (χ1v) is 12.6. The average molecular weight is 497 g/mol. The molecule has 184 valence electrons. The van der Waals surface area contributed by atoms with Crippen molar-refractivity contribution >= 4 is 22.2 Å². The van der Waals surface area contributed by atoms with Gasteiger partial charge < -0.3 is 14.2 Å². The van der Waals surface area contributed by atoms with Gasteiger partial charge in [0.15, 0.2) is 11.5 Å². The number of hydrogen-bond donors (Lipinski definition) is 1. The number of hydrazone groups is 1. The number of aryl methyl sites for hydroxylation is 1. The molecule has 9 heteroatoms. The van der Waals surface area contributed by atoms with E-state index in [0.29, 0.717) is 35.8 Å². The second-order valence-corrected chi connectivity index (χ2v) is 9.23. The minimum Gasteiger partial charge on any atom is -0.494 e. The smallest absolute Gasteiger partial charge is 0.343 e. The van der Waals surface area contributed by atoms with Crippen molar-refractivity contribution in [3.05, 3.63) is 83.4 Å². The molecule has 0 fully saturated rings. The quantitative estimate of drug-likeness (QED) is 0.178. The van der Waals surface area contributed by atoms with Gasteiger partial charge in [-0.15, -0.1) is 0 Å². The topological polar surface area (TPSA) is 103 Å². The maximum absolute atomic E-state index is 12.6. The monoisotopic (exact) mass is 496 g/mol. The molecule has 0 unspecified atom stereocenters. The third-order valence-corrected chi connectivity index (χ3v) is 5.99. The van der Waals surface area contributed by atoms with Gasteiger partial charge in [0.05, 0.1) is 29.9 Å². The average Bonchev–Trinajstić information content (AvgIpc) is 2.85. The Labute approximate surface area is 205 Å². The molecule has 8 nitrogen and oxygen atoms in total. The summed E-state index contributed by atoms with van der Waals surface area (Å²) in [5.41, 5.74) is 1.87. The Morgan fingerprint density at radius 3 is 2.31 bits per heavy atom. The lowest BCUT2D eigenvalue weighted by molar-refractivity contribution is 0.0728. The van der Waals surface area contributed by atoms with Crippen LogP contribution in [-0.2, 0) is 10.0 Å². The fourth-order valence-electron chi connectivity index (χ4n) is 2.96. The van der Waals surface area contributed by atoms with Gasteiger partial charge >= 0.3 is 5.97 Å². The van der Waals surface area contributed by atoms with E-state index in [0.717, 1.165) is 12.0 Å². The van der Waals surface area contributed by atoms with Crippen LogP contribution in [0.5, 0.6) is 17.2 Å². The van der Waals surface area contributed by atoms with Gasteiger partial charge in [0.2, 0.25) is 0 Å². The zero-order chi connectivity index (χ0) is 25.3. The zero-order valence-electron chi connectivity index (χ0n) is 19.9. The van der Waals surface area contributed by atoms with Crippen molar-refractivity contribution in [3.8, 4) is 17.2 Å². The lowest BCUT2D eigenvalue weighted by Gasteiger charge is -2.12. The van der Waals surface area contributed by atoms with E-state index in [1.54, 1.807) is 61.5 Å². The van der Waals surface area contributed by atoms with Crippen LogP contribution in [0.2, 0.25) is 0 Å². The summed E-state index contributed by atoms with van der Waals surface area (Å²) in [7, 11) is -3.79. The first-order valence-electron chi connectivity index (χ1n) is 11.2. The molecular weight excluding hydrogens is 468 g/mol. The van der Waals surface area contributed by atoms with E-state index in [-0.39, 0.29) is 10.6 Å². The summed E-state index contributed by atoms with van der Waals surface area (Å²) < 4.78 is 41.4. The number of sulfonamides is 1. The molecule has 3 rings (SSSR count). The number of hydrogen-bond acceptors (Lipinski definition) is 7. The number of nitrogens with one attached hydrogen (secondary N) is 1. The molecule has 0 aromatic heterocycles. The number of carbonyl (C=O) groups is 1. The maximum atomic E-state index is 12.6. The SMILES string of the molecule is CCCOc1ccc(C(=O)Oc2ccc(/C=N\NS(=O)(=O)c3ccc(C)cc3)cc2OCC)cc1. The lowest BCUT2D eigenvalue weighted by Crippen LogP contribution is -2.18. The largest absolute Gasteiger partial charge is 0.494 e. The van der Waals surface area contributed by atoms with Crippen molar-refractivity contribution in [1.29, 1.82) is 0 Å². The first-order chi connectivity index (χ1) is 16.8. The molecule has 0 aliphatic heterocycles.